The fraction of sp³-hybridized carbons (Fsp3) is 0.500. The molecule has 1 aromatic rings. The Bertz CT molecular complexity index is 465. The average molecular weight is 398 g/mol. The molecule has 0 atom stereocenters. The van der Waals surface area contributed by atoms with E-state index in [4.69, 9.17) is 8.18 Å². The van der Waals surface area contributed by atoms with Gasteiger partial charge in [0.2, 0.25) is 0 Å². The van der Waals surface area contributed by atoms with Gasteiger partial charge in [0.05, 0.1) is 0 Å². The van der Waals surface area contributed by atoms with E-state index >= 15 is 0 Å². The van der Waals surface area contributed by atoms with Crippen LogP contribution in [0.3, 0.4) is 0 Å². The van der Waals surface area contributed by atoms with Gasteiger partial charge in [0.1, 0.15) is 0 Å². The summed E-state index contributed by atoms with van der Waals surface area (Å²) in [6.45, 7) is 4.25. The molecule has 1 rings (SSSR count). The Morgan fingerprint density at radius 1 is 1.05 bits per heavy atom. The number of hydrogen-bond acceptors (Lipinski definition) is 3. The zero-order valence-electron chi connectivity index (χ0n) is 12.7. The minimum atomic E-state index is -2.20. The molecule has 0 bridgehead atoms. The number of rotatable bonds is 9. The molecule has 0 saturated carbocycles. The topological polar surface area (TPSA) is 63.6 Å². The van der Waals surface area contributed by atoms with E-state index in [1.165, 1.54) is 12.1 Å². The van der Waals surface area contributed by atoms with Crippen LogP contribution >= 0.6 is 0 Å². The second-order valence-electron chi connectivity index (χ2n) is 4.99. The van der Waals surface area contributed by atoms with Gasteiger partial charge in [-0.1, -0.05) is 0 Å². The predicted octanol–water partition coefficient (Wildman–Crippen LogP) is 4.13. The second-order valence-corrected chi connectivity index (χ2v) is 11.5. The number of hydrogen-bond donors (Lipinski definition) is 1. The number of unbranched alkanes of at least 4 members (excludes halogenated alkanes) is 2. The first-order chi connectivity index (χ1) is 10.1. The summed E-state index contributed by atoms with van der Waals surface area (Å²) in [5, 5.41) is 9.14. The fourth-order valence-electron chi connectivity index (χ4n) is 2.01. The van der Waals surface area contributed by atoms with Crippen molar-refractivity contribution in [3.05, 3.63) is 35.4 Å². The normalized spacial score (nSPS) is 10.6. The molecule has 0 aliphatic heterocycles. The summed E-state index contributed by atoms with van der Waals surface area (Å²) in [5.74, 6) is -1.54. The van der Waals surface area contributed by atoms with Crippen molar-refractivity contribution in [2.45, 2.75) is 48.4 Å². The molecule has 0 aliphatic rings. The molecule has 4 nitrogen and oxygen atoms in total. The fourth-order valence-corrected chi connectivity index (χ4v) is 8.64. The molecule has 5 heteroatoms. The quantitative estimate of drug-likeness (QED) is 0.636. The van der Waals surface area contributed by atoms with Gasteiger partial charge in [0, 0.05) is 0 Å². The molecule has 0 amide bonds. The zero-order valence-corrected chi connectivity index (χ0v) is 15.6. The summed E-state index contributed by atoms with van der Waals surface area (Å²) in [6, 6.07) is 6.27. The van der Waals surface area contributed by atoms with Gasteiger partial charge in [0.25, 0.3) is 0 Å². The summed E-state index contributed by atoms with van der Waals surface area (Å²) in [5.41, 5.74) is 0.201. The van der Waals surface area contributed by atoms with E-state index in [0.29, 0.717) is 0 Å². The Morgan fingerprint density at radius 2 is 1.57 bits per heavy atom. The molecular weight excluding hydrogens is 375 g/mol. The van der Waals surface area contributed by atoms with Crippen LogP contribution in [0.25, 0.3) is 0 Å². The molecule has 0 aromatic heterocycles. The molecule has 0 saturated heterocycles. The van der Waals surface area contributed by atoms with Crippen molar-refractivity contribution < 1.29 is 17.8 Å². The summed E-state index contributed by atoms with van der Waals surface area (Å²) in [4.78, 5) is 23.4. The average Bonchev–Trinajstić information content (AvgIpc) is 2.49. The molecule has 21 heavy (non-hydrogen) atoms. The van der Waals surface area contributed by atoms with E-state index in [2.05, 4.69) is 13.8 Å². The van der Waals surface area contributed by atoms with Crippen molar-refractivity contribution in [3.63, 3.8) is 0 Å². The summed E-state index contributed by atoms with van der Waals surface area (Å²) < 4.78 is 7.78. The monoisotopic (exact) mass is 399 g/mol. The van der Waals surface area contributed by atoms with E-state index in [9.17, 15) is 9.59 Å². The van der Waals surface area contributed by atoms with Gasteiger partial charge in [-0.15, -0.1) is 0 Å². The van der Waals surface area contributed by atoms with Gasteiger partial charge in [-0.3, -0.25) is 0 Å². The summed E-state index contributed by atoms with van der Waals surface area (Å²) in [7, 11) is 0. The molecular formula is C16H23O4Sn. The standard InChI is InChI=1S/C8H6O4.2C4H9.Sn/c9-7(10)5-3-1-2-4-6(5)8(11)12;2*1-3-4-2;/h1-4H,(H,9,10)(H,11,12);2*1,3-4H2,2H3;/q;;;+1/p-1. The van der Waals surface area contributed by atoms with Crippen molar-refractivity contribution in [2.75, 3.05) is 0 Å². The number of aromatic carboxylic acids is 1. The zero-order chi connectivity index (χ0) is 15.7. The molecule has 0 spiro atoms. The molecule has 0 aliphatic carbocycles. The van der Waals surface area contributed by atoms with E-state index in [0.717, 1.165) is 34.6 Å². The molecule has 0 fully saturated rings. The van der Waals surface area contributed by atoms with Gasteiger partial charge < -0.3 is 0 Å². The molecule has 1 aromatic carbocycles. The van der Waals surface area contributed by atoms with Gasteiger partial charge in [-0.25, -0.2) is 0 Å². The minimum absolute atomic E-state index is 0.0243. The van der Waals surface area contributed by atoms with E-state index in [1.54, 1.807) is 12.1 Å². The molecule has 1 N–H and O–H groups in total. The Hall–Kier alpha value is -1.04. The maximum atomic E-state index is 12.3. The summed E-state index contributed by atoms with van der Waals surface area (Å²) in [6.07, 6.45) is 4.37. The number of carboxylic acid groups (broad SMARTS) is 1. The second kappa shape index (κ2) is 9.82. The van der Waals surface area contributed by atoms with Gasteiger partial charge in [-0.05, 0) is 0 Å². The van der Waals surface area contributed by atoms with Crippen LogP contribution in [-0.2, 0) is 3.07 Å². The van der Waals surface area contributed by atoms with Crippen LogP contribution < -0.4 is 0 Å². The first-order valence-corrected chi connectivity index (χ1v) is 12.7. The number of carboxylic acids is 1. The van der Waals surface area contributed by atoms with Crippen LogP contribution in [0.2, 0.25) is 8.87 Å². The van der Waals surface area contributed by atoms with Crippen LogP contribution in [0, 0.1) is 0 Å². The first-order valence-electron chi connectivity index (χ1n) is 7.49. The van der Waals surface area contributed by atoms with Crippen molar-refractivity contribution in [2.24, 2.45) is 0 Å². The SMILES string of the molecule is CCC[CH2][Sn]([CH2]CCC)[O]C(=O)c1ccccc1C(=O)O. The van der Waals surface area contributed by atoms with E-state index in [1.807, 2.05) is 0 Å². The van der Waals surface area contributed by atoms with Crippen molar-refractivity contribution in [1.82, 2.24) is 0 Å². The van der Waals surface area contributed by atoms with Crippen molar-refractivity contribution in [3.8, 4) is 0 Å². The molecule has 115 valence electrons. The van der Waals surface area contributed by atoms with Gasteiger partial charge in [-0.2, -0.15) is 0 Å². The third-order valence-corrected chi connectivity index (χ3v) is 9.79. The Labute approximate surface area is 133 Å². The van der Waals surface area contributed by atoms with Gasteiger partial charge >= 0.3 is 134 Å². The van der Waals surface area contributed by atoms with Crippen LogP contribution in [0.1, 0.15) is 60.2 Å². The van der Waals surface area contributed by atoms with E-state index in [-0.39, 0.29) is 11.1 Å². The third-order valence-electron chi connectivity index (χ3n) is 3.23. The Kier molecular flexibility index (Phi) is 8.42. The first kappa shape index (κ1) is 18.0. The molecule has 1 radical (unpaired) electrons. The number of carbonyl (C=O) groups is 2. The number of carbonyl (C=O) groups excluding carboxylic acids is 1. The maximum absolute atomic E-state index is 12.3. The third kappa shape index (κ3) is 6.08. The van der Waals surface area contributed by atoms with Crippen molar-refractivity contribution >= 4 is 32.1 Å². The van der Waals surface area contributed by atoms with Crippen LogP contribution in [0.5, 0.6) is 0 Å². The van der Waals surface area contributed by atoms with Crippen molar-refractivity contribution in [1.29, 1.82) is 0 Å². The number of benzene rings is 1. The van der Waals surface area contributed by atoms with Crippen LogP contribution in [0.4, 0.5) is 0 Å². The van der Waals surface area contributed by atoms with Gasteiger partial charge in [0.15, 0.2) is 0 Å². The Morgan fingerprint density at radius 3 is 2.05 bits per heavy atom. The molecule has 0 heterocycles. The predicted molar refractivity (Wildman–Crippen MR) is 84.0 cm³/mol. The van der Waals surface area contributed by atoms with Crippen LogP contribution in [0.15, 0.2) is 24.3 Å². The summed E-state index contributed by atoms with van der Waals surface area (Å²) >= 11 is -2.20. The molecule has 0 unspecified atom stereocenters. The van der Waals surface area contributed by atoms with E-state index < -0.39 is 32.1 Å². The van der Waals surface area contributed by atoms with Crippen LogP contribution in [-0.4, -0.2) is 37.2 Å². The Balaban J connectivity index is 2.78.